The van der Waals surface area contributed by atoms with E-state index in [0.717, 1.165) is 5.56 Å². The molecule has 2 aromatic heterocycles. The Morgan fingerprint density at radius 1 is 1.39 bits per heavy atom. The van der Waals surface area contributed by atoms with Gasteiger partial charge in [0.05, 0.1) is 17.7 Å². The molecule has 0 aromatic carbocycles. The average molecular weight is 245 g/mol. The fourth-order valence-electron chi connectivity index (χ4n) is 1.99. The number of hydrogen-bond donors (Lipinski definition) is 0. The van der Waals surface area contributed by atoms with Gasteiger partial charge in [-0.1, -0.05) is 0 Å². The van der Waals surface area contributed by atoms with Crippen molar-refractivity contribution in [3.8, 4) is 0 Å². The number of carbonyl (C=O) groups excluding carboxylic acids is 2. The first kappa shape index (κ1) is 12.4. The van der Waals surface area contributed by atoms with Crippen LogP contribution in [0.15, 0.2) is 24.5 Å². The van der Waals surface area contributed by atoms with Crippen LogP contribution in [0.25, 0.3) is 5.52 Å². The Bertz CT molecular complexity index is 625. The van der Waals surface area contributed by atoms with E-state index in [2.05, 4.69) is 0 Å². The summed E-state index contributed by atoms with van der Waals surface area (Å²) in [5.74, 6) is -0.371. The van der Waals surface area contributed by atoms with Gasteiger partial charge in [-0.2, -0.15) is 0 Å². The van der Waals surface area contributed by atoms with Crippen molar-refractivity contribution in [2.24, 2.45) is 0 Å². The number of esters is 1. The van der Waals surface area contributed by atoms with E-state index >= 15 is 0 Å². The molecule has 0 aliphatic heterocycles. The first-order chi connectivity index (χ1) is 8.54. The summed E-state index contributed by atoms with van der Waals surface area (Å²) in [5, 5.41) is 0. The zero-order valence-corrected chi connectivity index (χ0v) is 10.7. The minimum atomic E-state index is -0.349. The van der Waals surface area contributed by atoms with Crippen molar-refractivity contribution in [2.45, 2.75) is 20.8 Å². The molecule has 0 amide bonds. The Kier molecular flexibility index (Phi) is 3.19. The van der Waals surface area contributed by atoms with Crippen LogP contribution in [0.5, 0.6) is 0 Å². The lowest BCUT2D eigenvalue weighted by Crippen LogP contribution is -2.06. The molecule has 0 radical (unpaired) electrons. The van der Waals surface area contributed by atoms with Crippen molar-refractivity contribution in [2.75, 3.05) is 6.61 Å². The average Bonchev–Trinajstić information content (AvgIpc) is 2.63. The molecular weight excluding hydrogens is 230 g/mol. The van der Waals surface area contributed by atoms with E-state index in [-0.39, 0.29) is 11.8 Å². The van der Waals surface area contributed by atoms with Crippen molar-refractivity contribution in [3.05, 3.63) is 41.2 Å². The van der Waals surface area contributed by atoms with Crippen molar-refractivity contribution < 1.29 is 14.3 Å². The third-order valence-corrected chi connectivity index (χ3v) is 2.85. The highest BCUT2D eigenvalue weighted by Gasteiger charge is 2.17. The van der Waals surface area contributed by atoms with Crippen LogP contribution in [0.3, 0.4) is 0 Å². The fourth-order valence-corrected chi connectivity index (χ4v) is 1.99. The number of aryl methyl sites for hydroxylation is 1. The van der Waals surface area contributed by atoms with E-state index in [1.807, 2.05) is 17.5 Å². The van der Waals surface area contributed by atoms with Crippen LogP contribution in [0.2, 0.25) is 0 Å². The minimum Gasteiger partial charge on any atom is -0.462 e. The Labute approximate surface area is 105 Å². The van der Waals surface area contributed by atoms with Gasteiger partial charge in [0.1, 0.15) is 0 Å². The van der Waals surface area contributed by atoms with E-state index in [1.54, 1.807) is 25.3 Å². The second-order valence-electron chi connectivity index (χ2n) is 4.17. The Hall–Kier alpha value is -2.10. The third-order valence-electron chi connectivity index (χ3n) is 2.85. The lowest BCUT2D eigenvalue weighted by atomic mass is 10.1. The van der Waals surface area contributed by atoms with Crippen molar-refractivity contribution in [1.29, 1.82) is 0 Å². The SMILES string of the molecule is CCOC(=O)c1c(C)cn2ccc(C(C)=O)cc12. The summed E-state index contributed by atoms with van der Waals surface area (Å²) in [7, 11) is 0. The predicted octanol–water partition coefficient (Wildman–Crippen LogP) is 2.63. The molecule has 0 bridgehead atoms. The zero-order valence-electron chi connectivity index (χ0n) is 10.7. The number of nitrogens with zero attached hydrogens (tertiary/aromatic N) is 1. The molecule has 2 aromatic rings. The third kappa shape index (κ3) is 2.01. The van der Waals surface area contributed by atoms with Gasteiger partial charge in [0.2, 0.25) is 0 Å². The Morgan fingerprint density at radius 3 is 2.72 bits per heavy atom. The molecule has 2 rings (SSSR count). The van der Waals surface area contributed by atoms with Crippen molar-refractivity contribution in [3.63, 3.8) is 0 Å². The maximum absolute atomic E-state index is 11.9. The summed E-state index contributed by atoms with van der Waals surface area (Å²) in [6.07, 6.45) is 3.63. The second kappa shape index (κ2) is 4.64. The van der Waals surface area contributed by atoms with E-state index in [9.17, 15) is 9.59 Å². The van der Waals surface area contributed by atoms with E-state index in [0.29, 0.717) is 23.3 Å². The van der Waals surface area contributed by atoms with Gasteiger partial charge in [-0.3, -0.25) is 4.79 Å². The van der Waals surface area contributed by atoms with Gasteiger partial charge < -0.3 is 9.14 Å². The molecule has 0 N–H and O–H groups in total. The number of rotatable bonds is 3. The second-order valence-corrected chi connectivity index (χ2v) is 4.17. The molecule has 0 saturated carbocycles. The minimum absolute atomic E-state index is 0.0221. The topological polar surface area (TPSA) is 47.8 Å². The smallest absolute Gasteiger partial charge is 0.340 e. The highest BCUT2D eigenvalue weighted by atomic mass is 16.5. The van der Waals surface area contributed by atoms with Gasteiger partial charge in [-0.05, 0) is 38.5 Å². The van der Waals surface area contributed by atoms with Gasteiger partial charge >= 0.3 is 5.97 Å². The molecule has 4 heteroatoms. The van der Waals surface area contributed by atoms with Gasteiger partial charge in [-0.25, -0.2) is 4.79 Å². The van der Waals surface area contributed by atoms with Gasteiger partial charge in [0.15, 0.2) is 5.78 Å². The highest BCUT2D eigenvalue weighted by Crippen LogP contribution is 2.20. The van der Waals surface area contributed by atoms with E-state index < -0.39 is 0 Å². The summed E-state index contributed by atoms with van der Waals surface area (Å²) in [4.78, 5) is 23.3. The molecule has 4 nitrogen and oxygen atoms in total. The summed E-state index contributed by atoms with van der Waals surface area (Å²) < 4.78 is 6.87. The lowest BCUT2D eigenvalue weighted by Gasteiger charge is -2.03. The molecule has 2 heterocycles. The quantitative estimate of drug-likeness (QED) is 0.617. The normalized spacial score (nSPS) is 10.6. The van der Waals surface area contributed by atoms with Crippen LogP contribution in [-0.4, -0.2) is 22.8 Å². The maximum atomic E-state index is 11.9. The predicted molar refractivity (Wildman–Crippen MR) is 68.1 cm³/mol. The van der Waals surface area contributed by atoms with E-state index in [1.165, 1.54) is 6.92 Å². The number of ether oxygens (including phenoxy) is 1. The summed E-state index contributed by atoms with van der Waals surface area (Å²) in [5.41, 5.74) is 2.67. The molecule has 18 heavy (non-hydrogen) atoms. The first-order valence-electron chi connectivity index (χ1n) is 5.84. The fraction of sp³-hybridized carbons (Fsp3) is 0.286. The first-order valence-corrected chi connectivity index (χ1v) is 5.84. The molecule has 0 spiro atoms. The monoisotopic (exact) mass is 245 g/mol. The van der Waals surface area contributed by atoms with Gasteiger partial charge in [-0.15, -0.1) is 0 Å². The Balaban J connectivity index is 2.64. The number of hydrogen-bond acceptors (Lipinski definition) is 3. The van der Waals surface area contributed by atoms with Gasteiger partial charge in [0.25, 0.3) is 0 Å². The molecular formula is C14H15NO3. The highest BCUT2D eigenvalue weighted by molar-refractivity contribution is 6.01. The summed E-state index contributed by atoms with van der Waals surface area (Å²) in [6.45, 7) is 5.47. The van der Waals surface area contributed by atoms with Crippen LogP contribution in [0, 0.1) is 6.92 Å². The summed E-state index contributed by atoms with van der Waals surface area (Å²) >= 11 is 0. The molecule has 0 fully saturated rings. The standard InChI is InChI=1S/C14H15NO3/c1-4-18-14(17)13-9(2)8-15-6-5-11(10(3)16)7-12(13)15/h5-8H,4H2,1-3H3. The van der Waals surface area contributed by atoms with Crippen LogP contribution in [-0.2, 0) is 4.74 Å². The van der Waals surface area contributed by atoms with Gasteiger partial charge in [0, 0.05) is 18.0 Å². The number of ketones is 1. The number of Topliss-reactive ketones (excluding diaryl/α,β-unsaturated/α-hetero) is 1. The lowest BCUT2D eigenvalue weighted by molar-refractivity contribution is 0.0528. The molecule has 0 atom stereocenters. The largest absolute Gasteiger partial charge is 0.462 e. The van der Waals surface area contributed by atoms with Crippen LogP contribution in [0.4, 0.5) is 0 Å². The maximum Gasteiger partial charge on any atom is 0.340 e. The Morgan fingerprint density at radius 2 is 2.11 bits per heavy atom. The molecule has 0 aliphatic rings. The number of fused-ring (bicyclic) bond motifs is 1. The molecule has 94 valence electrons. The zero-order chi connectivity index (χ0) is 13.3. The number of aromatic nitrogens is 1. The molecule has 0 aliphatic carbocycles. The molecule has 0 unspecified atom stereocenters. The molecule has 0 saturated heterocycles. The summed E-state index contributed by atoms with van der Waals surface area (Å²) in [6, 6.07) is 3.46. The van der Waals surface area contributed by atoms with Crippen molar-refractivity contribution in [1.82, 2.24) is 4.40 Å². The number of pyridine rings is 1. The van der Waals surface area contributed by atoms with Crippen LogP contribution in [0.1, 0.15) is 40.1 Å². The van der Waals surface area contributed by atoms with Crippen LogP contribution >= 0.6 is 0 Å². The van der Waals surface area contributed by atoms with Crippen molar-refractivity contribution >= 4 is 17.3 Å². The van der Waals surface area contributed by atoms with Crippen LogP contribution < -0.4 is 0 Å². The van der Waals surface area contributed by atoms with E-state index in [4.69, 9.17) is 4.74 Å². The number of carbonyl (C=O) groups is 2.